The highest BCUT2D eigenvalue weighted by Crippen LogP contribution is 2.27. The number of aromatic nitrogens is 2. The first kappa shape index (κ1) is 23.3. The molecule has 3 rings (SSSR count). The lowest BCUT2D eigenvalue weighted by Gasteiger charge is -2.22. The van der Waals surface area contributed by atoms with Gasteiger partial charge in [0, 0.05) is 51.5 Å². The number of hydrogen-bond acceptors (Lipinski definition) is 4. The molecule has 30 heavy (non-hydrogen) atoms. The molecule has 2 aromatic rings. The van der Waals surface area contributed by atoms with Gasteiger partial charge in [0.25, 0.3) is 11.5 Å². The standard InChI is InChI=1S/C15H17N3O2.C7H15NO2/c1-3-8-18-9-12(14(19)17(2)10-4-5-10)11-6-7-16-13(11)15(18)20;1-7(2,3)10-6(9)8(4)5/h3,6-7,9-10,16H,1,4-5,8H2,2H3;1-5H3. The normalized spacial score (nSPS) is 13.3. The number of pyridine rings is 1. The van der Waals surface area contributed by atoms with E-state index >= 15 is 0 Å². The number of hydrogen-bond donors (Lipinski definition) is 1. The Bertz CT molecular complexity index is 977. The molecule has 0 radical (unpaired) electrons. The Morgan fingerprint density at radius 2 is 1.93 bits per heavy atom. The molecule has 1 N–H and O–H groups in total. The first-order valence-electron chi connectivity index (χ1n) is 9.95. The number of nitrogens with zero attached hydrogens (tertiary/aromatic N) is 3. The summed E-state index contributed by atoms with van der Waals surface area (Å²) in [5, 5.41) is 0.688. The molecule has 0 bridgehead atoms. The van der Waals surface area contributed by atoms with E-state index in [0.29, 0.717) is 29.1 Å². The number of H-pyrrole nitrogens is 1. The molecule has 0 spiro atoms. The lowest BCUT2D eigenvalue weighted by Crippen LogP contribution is -2.31. The van der Waals surface area contributed by atoms with Gasteiger partial charge >= 0.3 is 6.09 Å². The SMILES string of the molecule is C=CCn1cc(C(=O)N(C)C2CC2)c2cc[nH]c2c1=O.CN(C)C(=O)OC(C)(C)C. The van der Waals surface area contributed by atoms with Crippen molar-refractivity contribution in [3.05, 3.63) is 47.0 Å². The van der Waals surface area contributed by atoms with Crippen LogP contribution in [0.15, 0.2) is 35.9 Å². The van der Waals surface area contributed by atoms with Crippen LogP contribution in [0.5, 0.6) is 0 Å². The molecule has 2 heterocycles. The smallest absolute Gasteiger partial charge is 0.409 e. The van der Waals surface area contributed by atoms with Crippen LogP contribution < -0.4 is 5.56 Å². The van der Waals surface area contributed by atoms with E-state index in [1.165, 1.54) is 9.47 Å². The summed E-state index contributed by atoms with van der Waals surface area (Å²) in [6.07, 6.45) is 6.80. The van der Waals surface area contributed by atoms with Gasteiger partial charge in [0.2, 0.25) is 0 Å². The highest BCUT2D eigenvalue weighted by atomic mass is 16.6. The molecule has 0 aromatic carbocycles. The third-order valence-electron chi connectivity index (χ3n) is 4.53. The van der Waals surface area contributed by atoms with Crippen molar-refractivity contribution in [2.75, 3.05) is 21.1 Å². The third kappa shape index (κ3) is 5.75. The highest BCUT2D eigenvalue weighted by molar-refractivity contribution is 6.06. The third-order valence-corrected chi connectivity index (χ3v) is 4.53. The van der Waals surface area contributed by atoms with Crippen molar-refractivity contribution in [2.45, 2.75) is 51.8 Å². The largest absolute Gasteiger partial charge is 0.444 e. The molecule has 164 valence electrons. The average Bonchev–Trinajstić information content (AvgIpc) is 3.38. The van der Waals surface area contributed by atoms with Crippen LogP contribution in [-0.2, 0) is 11.3 Å². The van der Waals surface area contributed by atoms with Crippen molar-refractivity contribution in [2.24, 2.45) is 0 Å². The molecular formula is C22H32N4O4. The zero-order valence-electron chi connectivity index (χ0n) is 18.7. The first-order chi connectivity index (χ1) is 14.0. The Kier molecular flexibility index (Phi) is 7.12. The fourth-order valence-corrected chi connectivity index (χ4v) is 2.81. The van der Waals surface area contributed by atoms with Crippen LogP contribution in [0.3, 0.4) is 0 Å². The molecule has 8 nitrogen and oxygen atoms in total. The van der Waals surface area contributed by atoms with Crippen molar-refractivity contribution in [3.8, 4) is 0 Å². The molecule has 1 fully saturated rings. The van der Waals surface area contributed by atoms with Crippen LogP contribution in [0, 0.1) is 0 Å². The number of amides is 2. The van der Waals surface area contributed by atoms with Gasteiger partial charge in [-0.15, -0.1) is 6.58 Å². The van der Waals surface area contributed by atoms with Crippen LogP contribution in [0.2, 0.25) is 0 Å². The minimum absolute atomic E-state index is 0.0325. The summed E-state index contributed by atoms with van der Waals surface area (Å²) >= 11 is 0. The van der Waals surface area contributed by atoms with Gasteiger partial charge in [0.05, 0.1) is 5.56 Å². The predicted molar refractivity (Wildman–Crippen MR) is 118 cm³/mol. The summed E-state index contributed by atoms with van der Waals surface area (Å²) in [4.78, 5) is 41.8. The number of carbonyl (C=O) groups is 2. The second-order valence-electron chi connectivity index (χ2n) is 8.58. The maximum atomic E-state index is 12.6. The van der Waals surface area contributed by atoms with Gasteiger partial charge in [-0.05, 0) is 39.7 Å². The quantitative estimate of drug-likeness (QED) is 0.775. The molecule has 1 aliphatic rings. The van der Waals surface area contributed by atoms with Gasteiger partial charge in [-0.2, -0.15) is 0 Å². The Hall–Kier alpha value is -3.03. The number of rotatable bonds is 4. The Morgan fingerprint density at radius 1 is 1.30 bits per heavy atom. The fraction of sp³-hybridized carbons (Fsp3) is 0.500. The molecule has 8 heteroatoms. The summed E-state index contributed by atoms with van der Waals surface area (Å²) in [6.45, 7) is 9.56. The zero-order valence-corrected chi connectivity index (χ0v) is 18.7. The fourth-order valence-electron chi connectivity index (χ4n) is 2.81. The monoisotopic (exact) mass is 416 g/mol. The van der Waals surface area contributed by atoms with Crippen molar-refractivity contribution in [1.82, 2.24) is 19.4 Å². The summed E-state index contributed by atoms with van der Waals surface area (Å²) in [5.41, 5.74) is 0.524. The maximum absolute atomic E-state index is 12.6. The summed E-state index contributed by atoms with van der Waals surface area (Å²) < 4.78 is 6.50. The minimum atomic E-state index is -0.388. The van der Waals surface area contributed by atoms with Gasteiger partial charge in [0.15, 0.2) is 0 Å². The topological polar surface area (TPSA) is 87.6 Å². The van der Waals surface area contributed by atoms with Gasteiger partial charge in [-0.3, -0.25) is 9.59 Å². The molecule has 1 aliphatic carbocycles. The Morgan fingerprint density at radius 3 is 2.40 bits per heavy atom. The van der Waals surface area contributed by atoms with Crippen LogP contribution in [0.1, 0.15) is 44.0 Å². The van der Waals surface area contributed by atoms with Gasteiger partial charge in [0.1, 0.15) is 11.1 Å². The Balaban J connectivity index is 0.000000274. The second kappa shape index (κ2) is 9.19. The number of nitrogens with one attached hydrogen (secondary N) is 1. The molecule has 0 atom stereocenters. The number of fused-ring (bicyclic) bond motifs is 1. The van der Waals surface area contributed by atoms with E-state index in [4.69, 9.17) is 4.74 Å². The van der Waals surface area contributed by atoms with E-state index < -0.39 is 0 Å². The number of carbonyl (C=O) groups excluding carboxylic acids is 2. The van der Waals surface area contributed by atoms with E-state index in [1.54, 1.807) is 43.5 Å². The second-order valence-corrected chi connectivity index (χ2v) is 8.58. The molecular weight excluding hydrogens is 384 g/mol. The molecule has 1 saturated carbocycles. The van der Waals surface area contributed by atoms with E-state index in [9.17, 15) is 14.4 Å². The molecule has 2 aromatic heterocycles. The number of aromatic amines is 1. The first-order valence-corrected chi connectivity index (χ1v) is 9.95. The molecule has 0 unspecified atom stereocenters. The summed E-state index contributed by atoms with van der Waals surface area (Å²) in [7, 11) is 5.14. The van der Waals surface area contributed by atoms with Crippen molar-refractivity contribution in [3.63, 3.8) is 0 Å². The lowest BCUT2D eigenvalue weighted by atomic mass is 10.1. The van der Waals surface area contributed by atoms with Gasteiger partial charge in [-0.1, -0.05) is 6.08 Å². The molecule has 0 saturated heterocycles. The van der Waals surface area contributed by atoms with Gasteiger partial charge in [-0.25, -0.2) is 4.79 Å². The number of allylic oxidation sites excluding steroid dienone is 1. The summed E-state index contributed by atoms with van der Waals surface area (Å²) in [6, 6.07) is 2.12. The zero-order chi connectivity index (χ0) is 22.6. The van der Waals surface area contributed by atoms with Crippen molar-refractivity contribution in [1.29, 1.82) is 0 Å². The Labute approximate surface area is 177 Å². The lowest BCUT2D eigenvalue weighted by molar-refractivity contribution is 0.0341. The van der Waals surface area contributed by atoms with Crippen molar-refractivity contribution >= 4 is 22.9 Å². The van der Waals surface area contributed by atoms with E-state index in [2.05, 4.69) is 11.6 Å². The van der Waals surface area contributed by atoms with Crippen molar-refractivity contribution < 1.29 is 14.3 Å². The van der Waals surface area contributed by atoms with Crippen LogP contribution in [-0.4, -0.2) is 64.1 Å². The predicted octanol–water partition coefficient (Wildman–Crippen LogP) is 3.23. The maximum Gasteiger partial charge on any atom is 0.409 e. The van der Waals surface area contributed by atoms with Crippen LogP contribution >= 0.6 is 0 Å². The molecule has 2 amide bonds. The highest BCUT2D eigenvalue weighted by Gasteiger charge is 2.31. The van der Waals surface area contributed by atoms with Gasteiger partial charge < -0.3 is 24.1 Å². The van der Waals surface area contributed by atoms with E-state index in [1.807, 2.05) is 27.8 Å². The van der Waals surface area contributed by atoms with Crippen LogP contribution in [0.25, 0.3) is 10.9 Å². The van der Waals surface area contributed by atoms with Crippen LogP contribution in [0.4, 0.5) is 4.79 Å². The summed E-state index contributed by atoms with van der Waals surface area (Å²) in [5.74, 6) is -0.0325. The minimum Gasteiger partial charge on any atom is -0.444 e. The average molecular weight is 417 g/mol. The molecule has 0 aliphatic heterocycles. The van der Waals surface area contributed by atoms with E-state index in [-0.39, 0.29) is 23.2 Å². The number of ether oxygens (including phenoxy) is 1. The van der Waals surface area contributed by atoms with E-state index in [0.717, 1.165) is 12.8 Å².